The van der Waals surface area contributed by atoms with Crippen LogP contribution >= 0.6 is 0 Å². The lowest BCUT2D eigenvalue weighted by atomic mass is 9.79. The van der Waals surface area contributed by atoms with E-state index in [1.54, 1.807) is 4.90 Å². The number of hydrogen-bond donors (Lipinski definition) is 2. The van der Waals surface area contributed by atoms with E-state index in [2.05, 4.69) is 15.5 Å². The Balaban J connectivity index is 1.45. The standard InChI is InChI=1S/C16H25N5O3/c1-20-13(10-22)18-19-16(20)11-7-12(8-11)17-14(23)9-21-6-4-2-3-5-15(21)24/h11-12,22H,2-10H2,1H3,(H,17,23). The fourth-order valence-electron chi connectivity index (χ4n) is 3.47. The summed E-state index contributed by atoms with van der Waals surface area (Å²) >= 11 is 0. The first kappa shape index (κ1) is 16.9. The number of amides is 2. The van der Waals surface area contributed by atoms with Crippen LogP contribution in [-0.4, -0.2) is 55.7 Å². The highest BCUT2D eigenvalue weighted by Gasteiger charge is 2.35. The number of aromatic nitrogens is 3. The minimum atomic E-state index is -0.125. The maximum absolute atomic E-state index is 12.2. The highest BCUT2D eigenvalue weighted by molar-refractivity contribution is 5.85. The van der Waals surface area contributed by atoms with Gasteiger partial charge >= 0.3 is 0 Å². The van der Waals surface area contributed by atoms with E-state index < -0.39 is 0 Å². The molecule has 2 fully saturated rings. The minimum absolute atomic E-state index is 0.0808. The van der Waals surface area contributed by atoms with Crippen molar-refractivity contribution in [2.75, 3.05) is 13.1 Å². The molecule has 0 atom stereocenters. The Morgan fingerprint density at radius 2 is 2.08 bits per heavy atom. The second-order valence-electron chi connectivity index (χ2n) is 6.75. The molecule has 1 saturated carbocycles. The molecule has 1 aliphatic carbocycles. The van der Waals surface area contributed by atoms with Crippen molar-refractivity contribution < 1.29 is 14.7 Å². The topological polar surface area (TPSA) is 100 Å². The van der Waals surface area contributed by atoms with Crippen LogP contribution in [0.2, 0.25) is 0 Å². The molecule has 2 aliphatic rings. The molecule has 8 nitrogen and oxygen atoms in total. The average Bonchev–Trinajstić information content (AvgIpc) is 2.76. The Hall–Kier alpha value is -1.96. The molecule has 1 aromatic rings. The fraction of sp³-hybridized carbons (Fsp3) is 0.750. The lowest BCUT2D eigenvalue weighted by Crippen LogP contribution is -2.48. The van der Waals surface area contributed by atoms with Gasteiger partial charge in [-0.05, 0) is 25.7 Å². The van der Waals surface area contributed by atoms with Gasteiger partial charge in [0, 0.05) is 32.0 Å². The summed E-state index contributed by atoms with van der Waals surface area (Å²) in [5.74, 6) is 1.67. The Bertz CT molecular complexity index is 609. The lowest BCUT2D eigenvalue weighted by Gasteiger charge is -2.35. The Morgan fingerprint density at radius 3 is 2.79 bits per heavy atom. The molecule has 1 aliphatic heterocycles. The van der Waals surface area contributed by atoms with Crippen LogP contribution in [0, 0.1) is 0 Å². The maximum Gasteiger partial charge on any atom is 0.239 e. The van der Waals surface area contributed by atoms with Crippen molar-refractivity contribution in [2.45, 2.75) is 57.1 Å². The molecular formula is C16H25N5O3. The number of carbonyl (C=O) groups is 2. The molecule has 0 radical (unpaired) electrons. The van der Waals surface area contributed by atoms with Gasteiger partial charge in [-0.2, -0.15) is 0 Å². The molecule has 1 saturated heterocycles. The van der Waals surface area contributed by atoms with E-state index in [4.69, 9.17) is 5.11 Å². The number of nitrogens with zero attached hydrogens (tertiary/aromatic N) is 4. The van der Waals surface area contributed by atoms with Gasteiger partial charge in [0.15, 0.2) is 5.82 Å². The third-order valence-corrected chi connectivity index (χ3v) is 5.01. The molecule has 0 spiro atoms. The van der Waals surface area contributed by atoms with Crippen LogP contribution in [0.4, 0.5) is 0 Å². The van der Waals surface area contributed by atoms with E-state index in [1.807, 2.05) is 11.6 Å². The predicted octanol–water partition coefficient (Wildman–Crippen LogP) is 0.0722. The van der Waals surface area contributed by atoms with Gasteiger partial charge in [-0.3, -0.25) is 9.59 Å². The number of carbonyl (C=O) groups excluding carboxylic acids is 2. The molecule has 0 unspecified atom stereocenters. The van der Waals surface area contributed by atoms with Gasteiger partial charge in [-0.15, -0.1) is 10.2 Å². The first-order chi connectivity index (χ1) is 11.6. The molecular weight excluding hydrogens is 310 g/mol. The number of aliphatic hydroxyl groups is 1. The second kappa shape index (κ2) is 7.29. The molecule has 2 heterocycles. The van der Waals surface area contributed by atoms with Gasteiger partial charge < -0.3 is 19.9 Å². The van der Waals surface area contributed by atoms with Crippen molar-refractivity contribution >= 4 is 11.8 Å². The van der Waals surface area contributed by atoms with E-state index in [9.17, 15) is 9.59 Å². The third-order valence-electron chi connectivity index (χ3n) is 5.01. The van der Waals surface area contributed by atoms with Crippen molar-refractivity contribution in [1.82, 2.24) is 25.0 Å². The van der Waals surface area contributed by atoms with Crippen LogP contribution in [0.1, 0.15) is 56.1 Å². The molecule has 24 heavy (non-hydrogen) atoms. The van der Waals surface area contributed by atoms with Crippen LogP contribution in [0.3, 0.4) is 0 Å². The quantitative estimate of drug-likeness (QED) is 0.793. The Labute approximate surface area is 141 Å². The van der Waals surface area contributed by atoms with Crippen LogP contribution in [-0.2, 0) is 23.2 Å². The summed E-state index contributed by atoms with van der Waals surface area (Å²) < 4.78 is 1.82. The molecule has 1 aromatic heterocycles. The van der Waals surface area contributed by atoms with Crippen molar-refractivity contribution in [1.29, 1.82) is 0 Å². The van der Waals surface area contributed by atoms with Crippen molar-refractivity contribution in [2.24, 2.45) is 7.05 Å². The summed E-state index contributed by atoms with van der Waals surface area (Å²) in [6.45, 7) is 0.724. The van der Waals surface area contributed by atoms with E-state index in [1.165, 1.54) is 0 Å². The van der Waals surface area contributed by atoms with Crippen molar-refractivity contribution in [3.63, 3.8) is 0 Å². The molecule has 2 N–H and O–H groups in total. The van der Waals surface area contributed by atoms with Crippen molar-refractivity contribution in [3.05, 3.63) is 11.6 Å². The molecule has 132 valence electrons. The molecule has 3 rings (SSSR count). The average molecular weight is 335 g/mol. The maximum atomic E-state index is 12.2. The van der Waals surface area contributed by atoms with Gasteiger partial charge in [-0.25, -0.2) is 0 Å². The van der Waals surface area contributed by atoms with Gasteiger partial charge in [0.2, 0.25) is 11.8 Å². The third kappa shape index (κ3) is 3.58. The fourth-order valence-corrected chi connectivity index (χ4v) is 3.47. The summed E-state index contributed by atoms with van der Waals surface area (Å²) in [6.07, 6.45) is 5.15. The van der Waals surface area contributed by atoms with Gasteiger partial charge in [0.25, 0.3) is 0 Å². The molecule has 0 bridgehead atoms. The summed E-state index contributed by atoms with van der Waals surface area (Å²) in [5, 5.41) is 20.2. The summed E-state index contributed by atoms with van der Waals surface area (Å²) in [6, 6.07) is 0.124. The Morgan fingerprint density at radius 1 is 1.29 bits per heavy atom. The highest BCUT2D eigenvalue weighted by atomic mass is 16.3. The predicted molar refractivity (Wildman–Crippen MR) is 85.9 cm³/mol. The zero-order valence-electron chi connectivity index (χ0n) is 14.1. The smallest absolute Gasteiger partial charge is 0.239 e. The summed E-state index contributed by atoms with van der Waals surface area (Å²) in [5.41, 5.74) is 0. The second-order valence-corrected chi connectivity index (χ2v) is 6.75. The monoisotopic (exact) mass is 335 g/mol. The SMILES string of the molecule is Cn1c(CO)nnc1C1CC(NC(=O)CN2CCCCCC2=O)C1. The first-order valence-electron chi connectivity index (χ1n) is 8.64. The number of likely N-dealkylation sites (tertiary alicyclic amines) is 1. The summed E-state index contributed by atoms with van der Waals surface area (Å²) in [7, 11) is 1.84. The first-order valence-corrected chi connectivity index (χ1v) is 8.64. The van der Waals surface area contributed by atoms with Crippen LogP contribution in [0.15, 0.2) is 0 Å². The largest absolute Gasteiger partial charge is 0.388 e. The van der Waals surface area contributed by atoms with Gasteiger partial charge in [0.1, 0.15) is 12.4 Å². The molecule has 8 heteroatoms. The molecule has 0 aromatic carbocycles. The zero-order valence-corrected chi connectivity index (χ0v) is 14.1. The zero-order chi connectivity index (χ0) is 17.1. The number of aliphatic hydroxyl groups excluding tert-OH is 1. The van der Waals surface area contributed by atoms with E-state index in [0.29, 0.717) is 18.8 Å². The minimum Gasteiger partial charge on any atom is -0.388 e. The molecule has 2 amide bonds. The van der Waals surface area contributed by atoms with Crippen LogP contribution < -0.4 is 5.32 Å². The number of hydrogen-bond acceptors (Lipinski definition) is 5. The number of nitrogens with one attached hydrogen (secondary N) is 1. The van der Waals surface area contributed by atoms with Gasteiger partial charge in [0.05, 0.1) is 6.54 Å². The van der Waals surface area contributed by atoms with Crippen molar-refractivity contribution in [3.8, 4) is 0 Å². The summed E-state index contributed by atoms with van der Waals surface area (Å²) in [4.78, 5) is 25.8. The van der Waals surface area contributed by atoms with E-state index in [-0.39, 0.29) is 36.9 Å². The van der Waals surface area contributed by atoms with Crippen LogP contribution in [0.5, 0.6) is 0 Å². The Kier molecular flexibility index (Phi) is 5.13. The van der Waals surface area contributed by atoms with E-state index in [0.717, 1.165) is 37.9 Å². The van der Waals surface area contributed by atoms with Crippen LogP contribution in [0.25, 0.3) is 0 Å². The highest BCUT2D eigenvalue weighted by Crippen LogP contribution is 2.35. The number of rotatable bonds is 5. The van der Waals surface area contributed by atoms with E-state index >= 15 is 0 Å². The normalized spacial score (nSPS) is 24.4. The lowest BCUT2D eigenvalue weighted by molar-refractivity contribution is -0.136. The van der Waals surface area contributed by atoms with Gasteiger partial charge in [-0.1, -0.05) is 6.42 Å².